The Morgan fingerprint density at radius 3 is 2.83 bits per heavy atom. The van der Waals surface area contributed by atoms with Crippen molar-refractivity contribution >= 4 is 10.9 Å². The smallest absolute Gasteiger partial charge is 0.153 e. The molecule has 0 amide bonds. The van der Waals surface area contributed by atoms with Crippen LogP contribution in [0.25, 0.3) is 10.9 Å². The van der Waals surface area contributed by atoms with E-state index in [1.165, 1.54) is 10.9 Å². The third-order valence-electron chi connectivity index (χ3n) is 3.10. The lowest BCUT2D eigenvalue weighted by molar-refractivity contribution is 0.780. The minimum absolute atomic E-state index is 0.359. The number of benzene rings is 1. The molecule has 3 rings (SSSR count). The van der Waals surface area contributed by atoms with Gasteiger partial charge in [-0.3, -0.25) is 5.10 Å². The molecular weight excluding hydrogens is 224 g/mol. The second kappa shape index (κ2) is 4.29. The molecule has 3 aromatic rings. The Bertz CT molecular complexity index is 663. The molecule has 0 aliphatic heterocycles. The maximum atomic E-state index is 4.51. The fourth-order valence-electron chi connectivity index (χ4n) is 2.11. The molecule has 2 heterocycles. The molecule has 4 heteroatoms. The predicted molar refractivity (Wildman–Crippen MR) is 71.6 cm³/mol. The van der Waals surface area contributed by atoms with Crippen LogP contribution in [0.4, 0.5) is 0 Å². The highest BCUT2D eigenvalue weighted by Gasteiger charge is 2.09. The first kappa shape index (κ1) is 11.0. The van der Waals surface area contributed by atoms with Crippen molar-refractivity contribution in [1.82, 2.24) is 20.2 Å². The van der Waals surface area contributed by atoms with Crippen molar-refractivity contribution in [3.63, 3.8) is 0 Å². The van der Waals surface area contributed by atoms with E-state index in [1.807, 2.05) is 12.3 Å². The second-order valence-electron chi connectivity index (χ2n) is 4.83. The molecule has 18 heavy (non-hydrogen) atoms. The lowest BCUT2D eigenvalue weighted by Gasteiger charge is -1.96. The van der Waals surface area contributed by atoms with Gasteiger partial charge in [-0.05, 0) is 11.6 Å². The lowest BCUT2D eigenvalue weighted by atomic mass is 10.1. The van der Waals surface area contributed by atoms with Crippen molar-refractivity contribution in [1.29, 1.82) is 0 Å². The fraction of sp³-hybridized carbons (Fsp3) is 0.286. The summed E-state index contributed by atoms with van der Waals surface area (Å²) in [6, 6.07) is 8.30. The van der Waals surface area contributed by atoms with Gasteiger partial charge in [-0.15, -0.1) is 0 Å². The van der Waals surface area contributed by atoms with Gasteiger partial charge >= 0.3 is 0 Å². The van der Waals surface area contributed by atoms with E-state index in [4.69, 9.17) is 0 Å². The van der Waals surface area contributed by atoms with Gasteiger partial charge in [0.05, 0.1) is 0 Å². The Balaban J connectivity index is 1.91. The molecule has 92 valence electrons. The van der Waals surface area contributed by atoms with Crippen molar-refractivity contribution in [2.24, 2.45) is 0 Å². The van der Waals surface area contributed by atoms with Crippen molar-refractivity contribution in [3.8, 4) is 0 Å². The number of nitrogens with one attached hydrogen (secondary N) is 2. The zero-order valence-corrected chi connectivity index (χ0v) is 10.6. The molecule has 1 aromatic carbocycles. The molecule has 0 aliphatic rings. The van der Waals surface area contributed by atoms with E-state index in [1.54, 1.807) is 0 Å². The average molecular weight is 240 g/mol. The Morgan fingerprint density at radius 1 is 1.22 bits per heavy atom. The largest absolute Gasteiger partial charge is 0.361 e. The monoisotopic (exact) mass is 240 g/mol. The summed E-state index contributed by atoms with van der Waals surface area (Å²) in [5, 5.41) is 8.50. The van der Waals surface area contributed by atoms with Crippen LogP contribution in [0.5, 0.6) is 0 Å². The summed E-state index contributed by atoms with van der Waals surface area (Å²) >= 11 is 0. The predicted octanol–water partition coefficient (Wildman–Crippen LogP) is 3.00. The maximum Gasteiger partial charge on any atom is 0.153 e. The van der Waals surface area contributed by atoms with Crippen LogP contribution < -0.4 is 0 Å². The molecule has 4 nitrogen and oxygen atoms in total. The van der Waals surface area contributed by atoms with Crippen LogP contribution in [0.3, 0.4) is 0 Å². The average Bonchev–Trinajstić information content (AvgIpc) is 2.98. The lowest BCUT2D eigenvalue weighted by Crippen LogP contribution is -1.92. The van der Waals surface area contributed by atoms with Gasteiger partial charge in [0.1, 0.15) is 5.82 Å². The Morgan fingerprint density at radius 2 is 2.06 bits per heavy atom. The number of hydrogen-bond donors (Lipinski definition) is 2. The topological polar surface area (TPSA) is 57.4 Å². The van der Waals surface area contributed by atoms with Crippen molar-refractivity contribution in [3.05, 3.63) is 47.7 Å². The SMILES string of the molecule is CC(C)c1n[nH]c(Cc2c[nH]c3ccccc23)n1. The molecule has 0 saturated carbocycles. The molecule has 0 unspecified atom stereocenters. The highest BCUT2D eigenvalue weighted by Crippen LogP contribution is 2.20. The molecule has 2 aromatic heterocycles. The quantitative estimate of drug-likeness (QED) is 0.739. The molecule has 2 N–H and O–H groups in total. The van der Waals surface area contributed by atoms with Crippen molar-refractivity contribution in [2.45, 2.75) is 26.2 Å². The standard InChI is InChI=1S/C14H16N4/c1-9(2)14-16-13(17-18-14)7-10-8-15-12-6-4-3-5-11(10)12/h3-6,8-9,15H,7H2,1-2H3,(H,16,17,18). The number of H-pyrrole nitrogens is 2. The Kier molecular flexibility index (Phi) is 2.63. The number of aromatic nitrogens is 4. The highest BCUT2D eigenvalue weighted by molar-refractivity contribution is 5.83. The van der Waals surface area contributed by atoms with Crippen molar-refractivity contribution in [2.75, 3.05) is 0 Å². The molecule has 0 atom stereocenters. The minimum Gasteiger partial charge on any atom is -0.361 e. The molecule has 0 spiro atoms. The van der Waals surface area contributed by atoms with Crippen LogP contribution in [-0.2, 0) is 6.42 Å². The van der Waals surface area contributed by atoms with E-state index in [-0.39, 0.29) is 0 Å². The van der Waals surface area contributed by atoms with E-state index in [2.05, 4.69) is 52.2 Å². The summed E-state index contributed by atoms with van der Waals surface area (Å²) in [5.41, 5.74) is 2.41. The summed E-state index contributed by atoms with van der Waals surface area (Å²) < 4.78 is 0. The van der Waals surface area contributed by atoms with Crippen LogP contribution in [0.2, 0.25) is 0 Å². The number of hydrogen-bond acceptors (Lipinski definition) is 2. The third-order valence-corrected chi connectivity index (χ3v) is 3.10. The van der Waals surface area contributed by atoms with Gasteiger partial charge < -0.3 is 4.98 Å². The first-order valence-corrected chi connectivity index (χ1v) is 6.20. The summed E-state index contributed by atoms with van der Waals surface area (Å²) in [4.78, 5) is 7.79. The second-order valence-corrected chi connectivity index (χ2v) is 4.83. The Labute approximate surface area is 105 Å². The summed E-state index contributed by atoms with van der Waals surface area (Å²) in [5.74, 6) is 2.16. The van der Waals surface area contributed by atoms with Crippen molar-refractivity contribution < 1.29 is 0 Å². The van der Waals surface area contributed by atoms with E-state index >= 15 is 0 Å². The van der Waals surface area contributed by atoms with Crippen LogP contribution in [-0.4, -0.2) is 20.2 Å². The van der Waals surface area contributed by atoms with Crippen LogP contribution in [0.1, 0.15) is 37.0 Å². The molecular formula is C14H16N4. The van der Waals surface area contributed by atoms with Gasteiger partial charge in [0.15, 0.2) is 5.82 Å². The zero-order valence-electron chi connectivity index (χ0n) is 10.6. The molecule has 0 radical (unpaired) electrons. The van der Waals surface area contributed by atoms with Gasteiger partial charge in [-0.25, -0.2) is 4.98 Å². The van der Waals surface area contributed by atoms with Gasteiger partial charge in [-0.2, -0.15) is 5.10 Å². The first-order valence-electron chi connectivity index (χ1n) is 6.20. The highest BCUT2D eigenvalue weighted by atomic mass is 15.2. The number of aromatic amines is 2. The number of para-hydroxylation sites is 1. The first-order chi connectivity index (χ1) is 8.74. The number of fused-ring (bicyclic) bond motifs is 1. The molecule has 0 aliphatic carbocycles. The molecule has 0 saturated heterocycles. The minimum atomic E-state index is 0.359. The van der Waals surface area contributed by atoms with E-state index in [0.29, 0.717) is 5.92 Å². The molecule has 0 bridgehead atoms. The van der Waals surface area contributed by atoms with E-state index in [9.17, 15) is 0 Å². The van der Waals surface area contributed by atoms with E-state index < -0.39 is 0 Å². The van der Waals surface area contributed by atoms with Gasteiger partial charge in [-0.1, -0.05) is 32.0 Å². The third kappa shape index (κ3) is 1.90. The van der Waals surface area contributed by atoms with Crippen LogP contribution in [0, 0.1) is 0 Å². The molecule has 0 fully saturated rings. The Hall–Kier alpha value is -2.10. The summed E-state index contributed by atoms with van der Waals surface area (Å²) in [6.45, 7) is 4.19. The fourth-order valence-corrected chi connectivity index (χ4v) is 2.11. The van der Waals surface area contributed by atoms with Gasteiger partial charge in [0.25, 0.3) is 0 Å². The summed E-state index contributed by atoms with van der Waals surface area (Å²) in [7, 11) is 0. The zero-order chi connectivity index (χ0) is 12.5. The normalized spacial score (nSPS) is 11.5. The van der Waals surface area contributed by atoms with Crippen LogP contribution in [0.15, 0.2) is 30.5 Å². The van der Waals surface area contributed by atoms with Gasteiger partial charge in [0.2, 0.25) is 0 Å². The number of rotatable bonds is 3. The number of nitrogens with zero attached hydrogens (tertiary/aromatic N) is 2. The van der Waals surface area contributed by atoms with Crippen LogP contribution >= 0.6 is 0 Å². The summed E-state index contributed by atoms with van der Waals surface area (Å²) in [6.07, 6.45) is 2.83. The maximum absolute atomic E-state index is 4.51. The van der Waals surface area contributed by atoms with Gasteiger partial charge in [0, 0.05) is 29.4 Å². The van der Waals surface area contributed by atoms with E-state index in [0.717, 1.165) is 23.6 Å².